The maximum absolute atomic E-state index is 11.7. The van der Waals surface area contributed by atoms with Crippen molar-refractivity contribution >= 4 is 17.6 Å². The predicted octanol–water partition coefficient (Wildman–Crippen LogP) is 0.938. The van der Waals surface area contributed by atoms with Crippen LogP contribution in [0.3, 0.4) is 0 Å². The van der Waals surface area contributed by atoms with Crippen LogP contribution in [0.25, 0.3) is 0 Å². The molecule has 1 saturated heterocycles. The van der Waals surface area contributed by atoms with Crippen molar-refractivity contribution in [3.63, 3.8) is 0 Å². The van der Waals surface area contributed by atoms with Crippen LogP contribution in [-0.4, -0.2) is 50.0 Å². The lowest BCUT2D eigenvalue weighted by molar-refractivity contribution is -0.908. The van der Waals surface area contributed by atoms with E-state index in [1.54, 1.807) is 12.1 Å². The van der Waals surface area contributed by atoms with Crippen molar-refractivity contribution in [1.29, 1.82) is 0 Å². The number of aliphatic hydroxyl groups excluding tert-OH is 1. The molecule has 1 aliphatic rings. The molecule has 0 radical (unpaired) electrons. The number of hydrogen-bond acceptors (Lipinski definition) is 4. The van der Waals surface area contributed by atoms with Crippen LogP contribution in [0.15, 0.2) is 24.3 Å². The molecule has 1 atom stereocenters. The van der Waals surface area contributed by atoms with Crippen LogP contribution < -0.4 is 9.64 Å². The fraction of sp³-hybridized carbons (Fsp3) is 0.588. The first-order valence-corrected chi connectivity index (χ1v) is 8.53. The number of carbonyl (C=O) groups excluding carboxylic acids is 1. The van der Waals surface area contributed by atoms with E-state index in [1.165, 1.54) is 4.90 Å². The van der Waals surface area contributed by atoms with Crippen molar-refractivity contribution in [2.75, 3.05) is 32.8 Å². The van der Waals surface area contributed by atoms with E-state index in [-0.39, 0.29) is 18.5 Å². The minimum Gasteiger partial charge on any atom is -0.491 e. The van der Waals surface area contributed by atoms with Crippen molar-refractivity contribution in [2.45, 2.75) is 25.9 Å². The Morgan fingerprint density at radius 3 is 2.83 bits per heavy atom. The molecule has 1 aromatic rings. The molecule has 128 valence electrons. The van der Waals surface area contributed by atoms with Gasteiger partial charge in [0, 0.05) is 17.9 Å². The molecule has 0 saturated carbocycles. The first-order valence-electron chi connectivity index (χ1n) is 8.15. The van der Waals surface area contributed by atoms with Gasteiger partial charge in [-0.2, -0.15) is 0 Å². The number of piperidine rings is 1. The second-order valence-corrected chi connectivity index (χ2v) is 6.34. The van der Waals surface area contributed by atoms with Gasteiger partial charge in [-0.15, -0.1) is 0 Å². The van der Waals surface area contributed by atoms with E-state index < -0.39 is 6.10 Å². The van der Waals surface area contributed by atoms with Gasteiger partial charge in [0.05, 0.1) is 25.6 Å². The van der Waals surface area contributed by atoms with E-state index in [2.05, 4.69) is 0 Å². The third-order valence-electron chi connectivity index (χ3n) is 4.08. The van der Waals surface area contributed by atoms with Crippen LogP contribution in [0.5, 0.6) is 5.75 Å². The lowest BCUT2D eigenvalue weighted by Crippen LogP contribution is -3.14. The number of rotatable bonds is 7. The Balaban J connectivity index is 1.68. The summed E-state index contributed by atoms with van der Waals surface area (Å²) in [5, 5.41) is 10.7. The standard InChI is InChI=1S/C17H24ClNO4/c1-2-22-17(21)13-6-8-19(9-7-13)11-15(20)12-23-16-5-3-4-14(18)10-16/h3-5,10,13,15,20H,2,6-9,11-12H2,1H3/p+1/t15-/m1/s1. The van der Waals surface area contributed by atoms with Crippen molar-refractivity contribution in [1.82, 2.24) is 0 Å². The quantitative estimate of drug-likeness (QED) is 0.724. The van der Waals surface area contributed by atoms with Gasteiger partial charge in [-0.25, -0.2) is 0 Å². The van der Waals surface area contributed by atoms with Crippen LogP contribution in [0.4, 0.5) is 0 Å². The minimum atomic E-state index is -0.539. The lowest BCUT2D eigenvalue weighted by Gasteiger charge is -2.29. The number of hydrogen-bond donors (Lipinski definition) is 2. The van der Waals surface area contributed by atoms with Gasteiger partial charge in [0.1, 0.15) is 25.0 Å². The van der Waals surface area contributed by atoms with E-state index in [9.17, 15) is 9.90 Å². The summed E-state index contributed by atoms with van der Waals surface area (Å²) in [5.74, 6) is 0.586. The molecule has 0 aliphatic carbocycles. The number of esters is 1. The zero-order chi connectivity index (χ0) is 16.7. The second kappa shape index (κ2) is 9.11. The maximum atomic E-state index is 11.7. The highest BCUT2D eigenvalue weighted by Gasteiger charge is 2.29. The molecule has 1 fully saturated rings. The van der Waals surface area contributed by atoms with Crippen LogP contribution >= 0.6 is 11.6 Å². The normalized spacial score (nSPS) is 22.4. The number of nitrogens with one attached hydrogen (secondary N) is 1. The molecule has 2 rings (SSSR count). The Hall–Kier alpha value is -1.30. The Bertz CT molecular complexity index is 503. The third kappa shape index (κ3) is 6.01. The maximum Gasteiger partial charge on any atom is 0.309 e. The summed E-state index contributed by atoms with van der Waals surface area (Å²) >= 11 is 5.89. The Morgan fingerprint density at radius 1 is 1.43 bits per heavy atom. The Morgan fingerprint density at radius 2 is 2.17 bits per heavy atom. The number of carbonyl (C=O) groups is 1. The zero-order valence-electron chi connectivity index (χ0n) is 13.5. The number of benzene rings is 1. The van der Waals surface area contributed by atoms with E-state index in [4.69, 9.17) is 21.1 Å². The van der Waals surface area contributed by atoms with Crippen molar-refractivity contribution in [2.24, 2.45) is 5.92 Å². The van der Waals surface area contributed by atoms with Crippen molar-refractivity contribution in [3.8, 4) is 5.75 Å². The third-order valence-corrected chi connectivity index (χ3v) is 4.31. The summed E-state index contributed by atoms with van der Waals surface area (Å²) in [6, 6.07) is 7.14. The monoisotopic (exact) mass is 342 g/mol. The van der Waals surface area contributed by atoms with Gasteiger partial charge in [-0.05, 0) is 25.1 Å². The SMILES string of the molecule is CCOC(=O)C1CC[NH+](C[C@@H](O)COc2cccc(Cl)c2)CC1. The molecule has 5 nitrogen and oxygen atoms in total. The van der Waals surface area contributed by atoms with Crippen molar-refractivity contribution < 1.29 is 24.3 Å². The largest absolute Gasteiger partial charge is 0.491 e. The number of quaternary nitrogens is 1. The van der Waals surface area contributed by atoms with Gasteiger partial charge in [-0.1, -0.05) is 17.7 Å². The predicted molar refractivity (Wildman–Crippen MR) is 87.9 cm³/mol. The lowest BCUT2D eigenvalue weighted by atomic mass is 9.97. The molecule has 1 aromatic carbocycles. The van der Waals surface area contributed by atoms with Crippen LogP contribution in [-0.2, 0) is 9.53 Å². The van der Waals surface area contributed by atoms with Gasteiger partial charge in [-0.3, -0.25) is 4.79 Å². The second-order valence-electron chi connectivity index (χ2n) is 5.90. The van der Waals surface area contributed by atoms with Gasteiger partial charge in [0.25, 0.3) is 0 Å². The summed E-state index contributed by atoms with van der Waals surface area (Å²) in [5.41, 5.74) is 0. The molecule has 0 unspecified atom stereocenters. The van der Waals surface area contributed by atoms with Gasteiger partial charge in [0.2, 0.25) is 0 Å². The first-order chi connectivity index (χ1) is 11.1. The fourth-order valence-corrected chi connectivity index (χ4v) is 3.05. The Labute approximate surface area is 142 Å². The highest BCUT2D eigenvalue weighted by atomic mass is 35.5. The molecular weight excluding hydrogens is 318 g/mol. The molecule has 6 heteroatoms. The first kappa shape index (κ1) is 18.0. The Kier molecular flexibility index (Phi) is 7.15. The summed E-state index contributed by atoms with van der Waals surface area (Å²) in [7, 11) is 0. The molecule has 0 amide bonds. The molecule has 0 aromatic heterocycles. The van der Waals surface area contributed by atoms with Gasteiger partial charge in [0.15, 0.2) is 0 Å². The summed E-state index contributed by atoms with van der Waals surface area (Å²) in [6.07, 6.45) is 1.09. The van der Waals surface area contributed by atoms with Crippen LogP contribution in [0, 0.1) is 5.92 Å². The average Bonchev–Trinajstić information content (AvgIpc) is 2.54. The van der Waals surface area contributed by atoms with Crippen LogP contribution in [0.2, 0.25) is 5.02 Å². The number of ether oxygens (including phenoxy) is 2. The van der Waals surface area contributed by atoms with Gasteiger partial charge < -0.3 is 19.5 Å². The molecule has 1 aliphatic heterocycles. The summed E-state index contributed by atoms with van der Waals surface area (Å²) in [4.78, 5) is 13.0. The van der Waals surface area contributed by atoms with E-state index in [0.717, 1.165) is 25.9 Å². The number of aliphatic hydroxyl groups is 1. The molecular formula is C17H25ClNO4+. The summed E-state index contributed by atoms with van der Waals surface area (Å²) in [6.45, 7) is 4.87. The van der Waals surface area contributed by atoms with Gasteiger partial charge >= 0.3 is 5.97 Å². The number of halogens is 1. The molecule has 2 N–H and O–H groups in total. The zero-order valence-corrected chi connectivity index (χ0v) is 14.2. The molecule has 23 heavy (non-hydrogen) atoms. The minimum absolute atomic E-state index is 0.0125. The number of likely N-dealkylation sites (tertiary alicyclic amines) is 1. The van der Waals surface area contributed by atoms with Crippen molar-refractivity contribution in [3.05, 3.63) is 29.3 Å². The summed E-state index contributed by atoms with van der Waals surface area (Å²) < 4.78 is 10.6. The topological polar surface area (TPSA) is 60.2 Å². The smallest absolute Gasteiger partial charge is 0.309 e. The fourth-order valence-electron chi connectivity index (χ4n) is 2.87. The van der Waals surface area contributed by atoms with E-state index in [1.807, 2.05) is 19.1 Å². The van der Waals surface area contributed by atoms with E-state index in [0.29, 0.717) is 23.9 Å². The highest BCUT2D eigenvalue weighted by Crippen LogP contribution is 2.17. The van der Waals surface area contributed by atoms with Crippen LogP contribution in [0.1, 0.15) is 19.8 Å². The molecule has 0 spiro atoms. The average molecular weight is 343 g/mol. The molecule has 1 heterocycles. The highest BCUT2D eigenvalue weighted by molar-refractivity contribution is 6.30. The molecule has 0 bridgehead atoms. The van der Waals surface area contributed by atoms with E-state index >= 15 is 0 Å².